The zero-order chi connectivity index (χ0) is 13.1. The molecule has 7 nitrogen and oxygen atoms in total. The monoisotopic (exact) mass is 245 g/mol. The first-order chi connectivity index (χ1) is 8.58. The van der Waals surface area contributed by atoms with E-state index in [0.29, 0.717) is 11.4 Å². The Morgan fingerprint density at radius 1 is 1.28 bits per heavy atom. The van der Waals surface area contributed by atoms with Crippen molar-refractivity contribution in [3.05, 3.63) is 45.6 Å². The van der Waals surface area contributed by atoms with Crippen molar-refractivity contribution in [3.63, 3.8) is 0 Å². The molecule has 2 heterocycles. The molecule has 0 aliphatic heterocycles. The lowest BCUT2D eigenvalue weighted by Crippen LogP contribution is -2.22. The van der Waals surface area contributed by atoms with Gasteiger partial charge in [0, 0.05) is 18.5 Å². The number of aromatic amines is 1. The molecule has 0 aliphatic carbocycles. The Labute approximate surface area is 102 Å². The number of aryl methyl sites for hydroxylation is 2. The molecule has 0 spiro atoms. The van der Waals surface area contributed by atoms with Gasteiger partial charge < -0.3 is 4.98 Å². The summed E-state index contributed by atoms with van der Waals surface area (Å²) in [5.41, 5.74) is 0.982. The fraction of sp³-hybridized carbons (Fsp3) is 0.182. The predicted octanol–water partition coefficient (Wildman–Crippen LogP) is 0.429. The third-order valence-corrected chi connectivity index (χ3v) is 2.39. The van der Waals surface area contributed by atoms with E-state index < -0.39 is 5.91 Å². The van der Waals surface area contributed by atoms with Crippen molar-refractivity contribution in [3.8, 4) is 0 Å². The first-order valence-corrected chi connectivity index (χ1v) is 5.24. The Morgan fingerprint density at radius 3 is 2.72 bits per heavy atom. The predicted molar refractivity (Wildman–Crippen MR) is 64.3 cm³/mol. The van der Waals surface area contributed by atoms with Crippen molar-refractivity contribution in [2.75, 3.05) is 5.32 Å². The maximum absolute atomic E-state index is 11.8. The summed E-state index contributed by atoms with van der Waals surface area (Å²) in [5, 5.41) is 9.99. The number of carbonyl (C=O) groups excluding carboxylic acids is 1. The van der Waals surface area contributed by atoms with Crippen molar-refractivity contribution in [1.82, 2.24) is 20.2 Å². The summed E-state index contributed by atoms with van der Waals surface area (Å²) in [7, 11) is 0. The number of hydrogen-bond acceptors (Lipinski definition) is 5. The molecule has 2 aromatic heterocycles. The minimum absolute atomic E-state index is 0.000622. The number of nitrogens with one attached hydrogen (secondary N) is 2. The Bertz CT molecular complexity index is 650. The van der Waals surface area contributed by atoms with E-state index in [4.69, 9.17) is 0 Å². The molecule has 2 aromatic rings. The summed E-state index contributed by atoms with van der Waals surface area (Å²) >= 11 is 0. The number of aromatic nitrogens is 4. The minimum atomic E-state index is -0.568. The molecule has 0 saturated carbocycles. The summed E-state index contributed by atoms with van der Waals surface area (Å²) < 4.78 is 0. The minimum Gasteiger partial charge on any atom is -0.367 e. The van der Waals surface area contributed by atoms with Crippen LogP contribution in [0.5, 0.6) is 0 Å². The van der Waals surface area contributed by atoms with Crippen molar-refractivity contribution >= 4 is 11.9 Å². The maximum atomic E-state index is 11.8. The molecule has 2 N–H and O–H groups in total. The van der Waals surface area contributed by atoms with Crippen molar-refractivity contribution in [2.45, 2.75) is 13.8 Å². The molecule has 0 atom stereocenters. The van der Waals surface area contributed by atoms with Gasteiger partial charge in [0.25, 0.3) is 5.91 Å². The second-order valence-electron chi connectivity index (χ2n) is 3.68. The summed E-state index contributed by atoms with van der Waals surface area (Å²) in [6.45, 7) is 3.53. The van der Waals surface area contributed by atoms with E-state index in [-0.39, 0.29) is 16.9 Å². The molecular formula is C11H11N5O2. The van der Waals surface area contributed by atoms with Gasteiger partial charge in [-0.25, -0.2) is 4.98 Å². The number of anilines is 1. The largest absolute Gasteiger partial charge is 0.367 e. The average Bonchev–Trinajstić information content (AvgIpc) is 2.34. The fourth-order valence-electron chi connectivity index (χ4n) is 1.27. The average molecular weight is 245 g/mol. The second-order valence-corrected chi connectivity index (χ2v) is 3.68. The van der Waals surface area contributed by atoms with Crippen LogP contribution in [-0.2, 0) is 0 Å². The number of pyridine rings is 1. The summed E-state index contributed by atoms with van der Waals surface area (Å²) in [4.78, 5) is 29.9. The maximum Gasteiger partial charge on any atom is 0.263 e. The van der Waals surface area contributed by atoms with Crippen LogP contribution in [0.3, 0.4) is 0 Å². The van der Waals surface area contributed by atoms with Crippen molar-refractivity contribution in [1.29, 1.82) is 0 Å². The molecule has 0 fully saturated rings. The fourth-order valence-corrected chi connectivity index (χ4v) is 1.27. The van der Waals surface area contributed by atoms with Crippen LogP contribution in [0.15, 0.2) is 23.3 Å². The van der Waals surface area contributed by atoms with Gasteiger partial charge in [0.2, 0.25) is 5.95 Å². The lowest BCUT2D eigenvalue weighted by atomic mass is 10.2. The van der Waals surface area contributed by atoms with E-state index in [1.165, 1.54) is 18.5 Å². The highest BCUT2D eigenvalue weighted by atomic mass is 16.2. The van der Waals surface area contributed by atoms with Gasteiger partial charge in [-0.2, -0.15) is 5.10 Å². The molecule has 0 aromatic carbocycles. The number of nitrogens with zero attached hydrogens (tertiary/aromatic N) is 3. The molecule has 7 heteroatoms. The van der Waals surface area contributed by atoms with Gasteiger partial charge in [0.15, 0.2) is 5.43 Å². The molecule has 0 radical (unpaired) electrons. The number of hydrogen-bond donors (Lipinski definition) is 2. The van der Waals surface area contributed by atoms with Gasteiger partial charge in [-0.1, -0.05) is 0 Å². The van der Waals surface area contributed by atoms with Crippen LogP contribution in [0.2, 0.25) is 0 Å². The standard InChI is InChI=1S/C11H11N5O2/c1-6-7(2)15-16-11(13-6)14-10(18)8-5-12-4-3-9(8)17/h3-5H,1-2H3,(H,12,17)(H,13,14,16,18). The van der Waals surface area contributed by atoms with E-state index in [9.17, 15) is 9.59 Å². The Hall–Kier alpha value is -2.57. The Kier molecular flexibility index (Phi) is 3.13. The van der Waals surface area contributed by atoms with Crippen LogP contribution in [0.25, 0.3) is 0 Å². The first kappa shape index (κ1) is 11.9. The molecular weight excluding hydrogens is 234 g/mol. The van der Waals surface area contributed by atoms with Crippen LogP contribution in [0.1, 0.15) is 21.7 Å². The molecule has 1 amide bonds. The molecule has 18 heavy (non-hydrogen) atoms. The van der Waals surface area contributed by atoms with E-state index >= 15 is 0 Å². The van der Waals surface area contributed by atoms with Crippen LogP contribution in [0.4, 0.5) is 5.95 Å². The number of carbonyl (C=O) groups is 1. The van der Waals surface area contributed by atoms with E-state index in [1.54, 1.807) is 13.8 Å². The lowest BCUT2D eigenvalue weighted by Gasteiger charge is -2.03. The van der Waals surface area contributed by atoms with E-state index in [2.05, 4.69) is 25.5 Å². The highest BCUT2D eigenvalue weighted by Crippen LogP contribution is 2.03. The van der Waals surface area contributed by atoms with E-state index in [0.717, 1.165) is 0 Å². The Balaban J connectivity index is 2.24. The van der Waals surface area contributed by atoms with Gasteiger partial charge in [-0.15, -0.1) is 5.10 Å². The Morgan fingerprint density at radius 2 is 2.06 bits per heavy atom. The molecule has 92 valence electrons. The third kappa shape index (κ3) is 2.40. The van der Waals surface area contributed by atoms with E-state index in [1.807, 2.05) is 0 Å². The topological polar surface area (TPSA) is 101 Å². The number of H-pyrrole nitrogens is 1. The highest BCUT2D eigenvalue weighted by Gasteiger charge is 2.11. The van der Waals surface area contributed by atoms with Crippen molar-refractivity contribution in [2.24, 2.45) is 0 Å². The summed E-state index contributed by atoms with van der Waals surface area (Å²) in [5.74, 6) is -0.492. The number of amides is 1. The van der Waals surface area contributed by atoms with Gasteiger partial charge >= 0.3 is 0 Å². The molecule has 2 rings (SSSR count). The van der Waals surface area contributed by atoms with Gasteiger partial charge in [-0.05, 0) is 13.8 Å². The van der Waals surface area contributed by atoms with Crippen LogP contribution in [-0.4, -0.2) is 26.1 Å². The van der Waals surface area contributed by atoms with Crippen LogP contribution >= 0.6 is 0 Å². The summed E-state index contributed by atoms with van der Waals surface area (Å²) in [6, 6.07) is 1.27. The lowest BCUT2D eigenvalue weighted by molar-refractivity contribution is 0.102. The molecule has 0 aliphatic rings. The normalized spacial score (nSPS) is 10.1. The quantitative estimate of drug-likeness (QED) is 0.799. The third-order valence-electron chi connectivity index (χ3n) is 2.39. The molecule has 0 bridgehead atoms. The van der Waals surface area contributed by atoms with Gasteiger partial charge in [-0.3, -0.25) is 14.9 Å². The van der Waals surface area contributed by atoms with Crippen LogP contribution < -0.4 is 10.7 Å². The molecule has 0 unspecified atom stereocenters. The zero-order valence-electron chi connectivity index (χ0n) is 9.89. The zero-order valence-corrected chi connectivity index (χ0v) is 9.89. The van der Waals surface area contributed by atoms with Crippen LogP contribution in [0, 0.1) is 13.8 Å². The highest BCUT2D eigenvalue weighted by molar-refractivity contribution is 6.02. The smallest absolute Gasteiger partial charge is 0.263 e. The number of rotatable bonds is 2. The second kappa shape index (κ2) is 4.74. The first-order valence-electron chi connectivity index (χ1n) is 5.24. The summed E-state index contributed by atoms with van der Waals surface area (Å²) in [6.07, 6.45) is 2.78. The van der Waals surface area contributed by atoms with Gasteiger partial charge in [0.1, 0.15) is 5.56 Å². The molecule has 0 saturated heterocycles. The SMILES string of the molecule is Cc1nnc(NC(=O)c2c[nH]ccc2=O)nc1C. The van der Waals surface area contributed by atoms with Gasteiger partial charge in [0.05, 0.1) is 11.4 Å². The van der Waals surface area contributed by atoms with Crippen molar-refractivity contribution < 1.29 is 4.79 Å².